The molecule has 2 rings (SSSR count). The molecule has 2 unspecified atom stereocenters. The summed E-state index contributed by atoms with van der Waals surface area (Å²) < 4.78 is 27.0. The minimum absolute atomic E-state index is 0.0637. The Hall–Kier alpha value is -1.42. The highest BCUT2D eigenvalue weighted by molar-refractivity contribution is 7.89. The van der Waals surface area contributed by atoms with Gasteiger partial charge in [-0.2, -0.15) is 0 Å². The van der Waals surface area contributed by atoms with E-state index in [1.165, 1.54) is 18.5 Å². The van der Waals surface area contributed by atoms with E-state index in [2.05, 4.69) is 28.5 Å². The summed E-state index contributed by atoms with van der Waals surface area (Å²) in [4.78, 5) is 4.06. The van der Waals surface area contributed by atoms with Gasteiger partial charge in [0.1, 0.15) is 4.90 Å². The average Bonchev–Trinajstić information content (AvgIpc) is 3.14. The number of nitrogens with one attached hydrogen (secondary N) is 1. The molecule has 0 radical (unpaired) electrons. The van der Waals surface area contributed by atoms with Crippen molar-refractivity contribution in [1.82, 2.24) is 9.71 Å². The monoisotopic (exact) mass is 279 g/mol. The topological polar surface area (TPSA) is 85.1 Å². The Morgan fingerprint density at radius 1 is 1.53 bits per heavy atom. The summed E-state index contributed by atoms with van der Waals surface area (Å²) in [7, 11) is -3.50. The summed E-state index contributed by atoms with van der Waals surface area (Å²) in [5.74, 6) is 5.91. The standard InChI is InChI=1S/C13H17N3O2S/c1-2-11-7-13(11)16-19(17,18)12-6-10(4-3-5-14)8-15-9-12/h6,8-9,11,13,16H,2,5,7,14H2,1H3. The molecule has 1 saturated carbocycles. The van der Waals surface area contributed by atoms with E-state index < -0.39 is 10.0 Å². The summed E-state index contributed by atoms with van der Waals surface area (Å²) >= 11 is 0. The SMILES string of the molecule is CCC1CC1NS(=O)(=O)c1cncc(C#CCN)c1. The Bertz CT molecular complexity index is 616. The summed E-state index contributed by atoms with van der Waals surface area (Å²) in [6, 6.07) is 1.58. The number of aromatic nitrogens is 1. The molecule has 102 valence electrons. The molecule has 5 nitrogen and oxygen atoms in total. The van der Waals surface area contributed by atoms with E-state index in [4.69, 9.17) is 5.73 Å². The lowest BCUT2D eigenvalue weighted by Gasteiger charge is -2.05. The van der Waals surface area contributed by atoms with Crippen LogP contribution in [0.3, 0.4) is 0 Å². The van der Waals surface area contributed by atoms with Crippen molar-refractivity contribution in [2.24, 2.45) is 11.7 Å². The van der Waals surface area contributed by atoms with Crippen LogP contribution in [0.15, 0.2) is 23.4 Å². The van der Waals surface area contributed by atoms with Gasteiger partial charge in [-0.3, -0.25) is 4.98 Å². The lowest BCUT2D eigenvalue weighted by Crippen LogP contribution is -2.27. The molecule has 1 aromatic heterocycles. The molecule has 1 heterocycles. The van der Waals surface area contributed by atoms with Gasteiger partial charge in [0.25, 0.3) is 0 Å². The highest BCUT2D eigenvalue weighted by Gasteiger charge is 2.38. The van der Waals surface area contributed by atoms with Gasteiger partial charge in [0, 0.05) is 24.0 Å². The maximum atomic E-state index is 12.1. The molecule has 1 fully saturated rings. The first kappa shape index (κ1) is 14.0. The third kappa shape index (κ3) is 3.53. The molecule has 0 saturated heterocycles. The molecule has 0 aliphatic heterocycles. The van der Waals surface area contributed by atoms with Crippen molar-refractivity contribution in [2.75, 3.05) is 6.54 Å². The fourth-order valence-corrected chi connectivity index (χ4v) is 3.20. The Morgan fingerprint density at radius 2 is 2.32 bits per heavy atom. The predicted octanol–water partition coefficient (Wildman–Crippen LogP) is 0.469. The number of sulfonamides is 1. The highest BCUT2D eigenvalue weighted by Crippen LogP contribution is 2.34. The molecule has 1 aliphatic carbocycles. The van der Waals surface area contributed by atoms with Crippen LogP contribution in [-0.2, 0) is 10.0 Å². The van der Waals surface area contributed by atoms with E-state index >= 15 is 0 Å². The maximum absolute atomic E-state index is 12.1. The number of nitrogens with zero attached hydrogens (tertiary/aromatic N) is 1. The van der Waals surface area contributed by atoms with Crippen LogP contribution in [0.25, 0.3) is 0 Å². The molecule has 0 aromatic carbocycles. The number of hydrogen-bond donors (Lipinski definition) is 2. The highest BCUT2D eigenvalue weighted by atomic mass is 32.2. The molecular formula is C13H17N3O2S. The maximum Gasteiger partial charge on any atom is 0.242 e. The number of rotatable bonds is 4. The van der Waals surface area contributed by atoms with Crippen molar-refractivity contribution in [2.45, 2.75) is 30.7 Å². The van der Waals surface area contributed by atoms with Crippen LogP contribution < -0.4 is 10.5 Å². The van der Waals surface area contributed by atoms with Gasteiger partial charge in [0.15, 0.2) is 0 Å². The van der Waals surface area contributed by atoms with Crippen LogP contribution in [0.2, 0.25) is 0 Å². The molecule has 0 bridgehead atoms. The van der Waals surface area contributed by atoms with Crippen molar-refractivity contribution >= 4 is 10.0 Å². The predicted molar refractivity (Wildman–Crippen MR) is 72.7 cm³/mol. The van der Waals surface area contributed by atoms with Crippen molar-refractivity contribution < 1.29 is 8.42 Å². The lowest BCUT2D eigenvalue weighted by molar-refractivity contribution is 0.575. The molecule has 0 amide bonds. The van der Waals surface area contributed by atoms with E-state index in [9.17, 15) is 8.42 Å². The van der Waals surface area contributed by atoms with Crippen LogP contribution in [0, 0.1) is 17.8 Å². The van der Waals surface area contributed by atoms with Crippen LogP contribution >= 0.6 is 0 Å². The average molecular weight is 279 g/mol. The molecule has 3 N–H and O–H groups in total. The van der Waals surface area contributed by atoms with Crippen molar-refractivity contribution in [3.05, 3.63) is 24.0 Å². The third-order valence-corrected chi connectivity index (χ3v) is 4.57. The first-order chi connectivity index (χ1) is 9.06. The van der Waals surface area contributed by atoms with Gasteiger partial charge < -0.3 is 5.73 Å². The third-order valence-electron chi connectivity index (χ3n) is 3.11. The van der Waals surface area contributed by atoms with Gasteiger partial charge in [-0.15, -0.1) is 0 Å². The second kappa shape index (κ2) is 5.70. The fraction of sp³-hybridized carbons (Fsp3) is 0.462. The smallest absolute Gasteiger partial charge is 0.242 e. The summed E-state index contributed by atoms with van der Waals surface area (Å²) in [6.07, 6.45) is 4.76. The van der Waals surface area contributed by atoms with Gasteiger partial charge in [-0.1, -0.05) is 25.2 Å². The zero-order chi connectivity index (χ0) is 13.9. The normalized spacial score (nSPS) is 21.6. The van der Waals surface area contributed by atoms with Crippen molar-refractivity contribution in [1.29, 1.82) is 0 Å². The van der Waals surface area contributed by atoms with Crippen molar-refractivity contribution in [3.63, 3.8) is 0 Å². The molecule has 2 atom stereocenters. The van der Waals surface area contributed by atoms with E-state index in [1.54, 1.807) is 0 Å². The van der Waals surface area contributed by atoms with E-state index in [-0.39, 0.29) is 17.5 Å². The van der Waals surface area contributed by atoms with Crippen LogP contribution in [0.5, 0.6) is 0 Å². The lowest BCUT2D eigenvalue weighted by atomic mass is 10.3. The molecule has 1 aliphatic rings. The number of hydrogen-bond acceptors (Lipinski definition) is 4. The van der Waals surface area contributed by atoms with Gasteiger partial charge >= 0.3 is 0 Å². The zero-order valence-corrected chi connectivity index (χ0v) is 11.6. The Balaban J connectivity index is 2.16. The first-order valence-electron chi connectivity index (χ1n) is 6.23. The van der Waals surface area contributed by atoms with Gasteiger partial charge in [0.2, 0.25) is 10.0 Å². The Labute approximate surface area is 113 Å². The van der Waals surface area contributed by atoms with Crippen LogP contribution in [-0.4, -0.2) is 26.0 Å². The first-order valence-corrected chi connectivity index (χ1v) is 7.71. The second-order valence-electron chi connectivity index (χ2n) is 4.55. The molecule has 19 heavy (non-hydrogen) atoms. The number of pyridine rings is 1. The Kier molecular flexibility index (Phi) is 4.20. The van der Waals surface area contributed by atoms with E-state index in [0.29, 0.717) is 11.5 Å². The summed E-state index contributed by atoms with van der Waals surface area (Å²) in [5.41, 5.74) is 5.83. The molecular weight excluding hydrogens is 262 g/mol. The van der Waals surface area contributed by atoms with Crippen LogP contribution in [0.1, 0.15) is 25.3 Å². The largest absolute Gasteiger partial charge is 0.320 e. The minimum atomic E-state index is -3.50. The van der Waals surface area contributed by atoms with Crippen molar-refractivity contribution in [3.8, 4) is 11.8 Å². The molecule has 1 aromatic rings. The Morgan fingerprint density at radius 3 is 2.95 bits per heavy atom. The zero-order valence-electron chi connectivity index (χ0n) is 10.8. The summed E-state index contributed by atoms with van der Waals surface area (Å²) in [6.45, 7) is 2.29. The number of nitrogens with two attached hydrogens (primary N) is 1. The van der Waals surface area contributed by atoms with E-state index in [1.807, 2.05) is 0 Å². The quantitative estimate of drug-likeness (QED) is 0.785. The molecule has 0 spiro atoms. The van der Waals surface area contributed by atoms with Gasteiger partial charge in [-0.25, -0.2) is 13.1 Å². The van der Waals surface area contributed by atoms with Gasteiger partial charge in [-0.05, 0) is 18.4 Å². The fourth-order valence-electron chi connectivity index (χ4n) is 1.90. The van der Waals surface area contributed by atoms with Gasteiger partial charge in [0.05, 0.1) is 6.54 Å². The second-order valence-corrected chi connectivity index (χ2v) is 6.26. The molecule has 6 heteroatoms. The van der Waals surface area contributed by atoms with Crippen LogP contribution in [0.4, 0.5) is 0 Å². The van der Waals surface area contributed by atoms with E-state index in [0.717, 1.165) is 12.8 Å². The summed E-state index contributed by atoms with van der Waals surface area (Å²) in [5, 5.41) is 0. The minimum Gasteiger partial charge on any atom is -0.320 e.